The maximum absolute atomic E-state index is 9.44. The minimum atomic E-state index is -0.230. The molecule has 0 aromatic carbocycles. The minimum absolute atomic E-state index is 0.230. The zero-order valence-corrected chi connectivity index (χ0v) is 8.22. The smallest absolute Gasteiger partial charge is 0.205 e. The number of pyridine rings is 1. The quantitative estimate of drug-likeness (QED) is 0.711. The van der Waals surface area contributed by atoms with Crippen LogP contribution in [0.3, 0.4) is 0 Å². The van der Waals surface area contributed by atoms with Crippen LogP contribution in [0, 0.1) is 0 Å². The molecule has 78 valence electrons. The van der Waals surface area contributed by atoms with Gasteiger partial charge in [-0.25, -0.2) is 4.98 Å². The number of hydrogen-bond acceptors (Lipinski definition) is 4. The van der Waals surface area contributed by atoms with E-state index in [-0.39, 0.29) is 6.10 Å². The zero-order valence-electron chi connectivity index (χ0n) is 8.22. The van der Waals surface area contributed by atoms with E-state index in [1.54, 1.807) is 6.20 Å². The van der Waals surface area contributed by atoms with E-state index in [9.17, 15) is 5.11 Å². The van der Waals surface area contributed by atoms with Gasteiger partial charge in [0.05, 0.1) is 11.6 Å². The molecule has 1 aliphatic rings. The van der Waals surface area contributed by atoms with Gasteiger partial charge in [-0.2, -0.15) is 4.98 Å². The summed E-state index contributed by atoms with van der Waals surface area (Å²) in [6.45, 7) is 1.50. The molecule has 5 heteroatoms. The van der Waals surface area contributed by atoms with Crippen LogP contribution in [0.1, 0.15) is 6.42 Å². The second kappa shape index (κ2) is 3.20. The molecule has 3 rings (SSSR count). The first-order valence-electron chi connectivity index (χ1n) is 5.07. The van der Waals surface area contributed by atoms with E-state index < -0.39 is 0 Å². The number of rotatable bonds is 1. The molecule has 3 heterocycles. The monoisotopic (exact) mass is 204 g/mol. The van der Waals surface area contributed by atoms with Gasteiger partial charge in [0, 0.05) is 19.3 Å². The fourth-order valence-electron chi connectivity index (χ4n) is 1.92. The number of H-pyrrole nitrogens is 1. The van der Waals surface area contributed by atoms with Crippen molar-refractivity contribution in [1.82, 2.24) is 15.0 Å². The van der Waals surface area contributed by atoms with Crippen LogP contribution >= 0.6 is 0 Å². The van der Waals surface area contributed by atoms with Gasteiger partial charge in [-0.05, 0) is 18.6 Å². The number of imidazole rings is 1. The molecule has 5 nitrogen and oxygen atoms in total. The van der Waals surface area contributed by atoms with E-state index in [0.717, 1.165) is 30.1 Å². The number of anilines is 1. The third kappa shape index (κ3) is 1.45. The summed E-state index contributed by atoms with van der Waals surface area (Å²) in [5, 5.41) is 9.44. The van der Waals surface area contributed by atoms with Crippen LogP contribution in [-0.4, -0.2) is 39.3 Å². The maximum atomic E-state index is 9.44. The van der Waals surface area contributed by atoms with Crippen LogP contribution in [0.5, 0.6) is 0 Å². The van der Waals surface area contributed by atoms with Gasteiger partial charge >= 0.3 is 0 Å². The fraction of sp³-hybridized carbons (Fsp3) is 0.400. The molecule has 0 bridgehead atoms. The van der Waals surface area contributed by atoms with Gasteiger partial charge in [0.15, 0.2) is 5.65 Å². The molecule has 1 aliphatic heterocycles. The topological polar surface area (TPSA) is 65.0 Å². The van der Waals surface area contributed by atoms with Crippen LogP contribution in [0.2, 0.25) is 0 Å². The van der Waals surface area contributed by atoms with Crippen molar-refractivity contribution in [1.29, 1.82) is 0 Å². The lowest BCUT2D eigenvalue weighted by Gasteiger charge is -2.12. The number of nitrogens with zero attached hydrogens (tertiary/aromatic N) is 3. The largest absolute Gasteiger partial charge is 0.391 e. The van der Waals surface area contributed by atoms with Crippen molar-refractivity contribution in [3.63, 3.8) is 0 Å². The first-order chi connectivity index (χ1) is 7.33. The second-order valence-corrected chi connectivity index (χ2v) is 3.82. The van der Waals surface area contributed by atoms with Crippen LogP contribution in [-0.2, 0) is 0 Å². The Bertz CT molecular complexity index is 448. The van der Waals surface area contributed by atoms with Crippen LogP contribution < -0.4 is 4.90 Å². The summed E-state index contributed by atoms with van der Waals surface area (Å²) in [6, 6.07) is 3.83. The van der Waals surface area contributed by atoms with Gasteiger partial charge in [0.2, 0.25) is 5.95 Å². The van der Waals surface area contributed by atoms with Gasteiger partial charge < -0.3 is 15.0 Å². The van der Waals surface area contributed by atoms with Crippen molar-refractivity contribution in [2.75, 3.05) is 18.0 Å². The predicted octanol–water partition coefficient (Wildman–Crippen LogP) is 0.529. The molecule has 2 N–H and O–H groups in total. The number of aromatic amines is 1. The summed E-state index contributed by atoms with van der Waals surface area (Å²) < 4.78 is 0. The molecule has 0 amide bonds. The Kier molecular flexibility index (Phi) is 1.85. The standard InChI is InChI=1S/C10H12N4O/c15-7-3-5-14(6-7)10-12-8-2-1-4-11-9(8)13-10/h1-2,4,7,15H,3,5-6H2,(H,11,12,13)/t7-/m1/s1. The Balaban J connectivity index is 1.98. The van der Waals surface area contributed by atoms with Crippen molar-refractivity contribution < 1.29 is 5.11 Å². The summed E-state index contributed by atoms with van der Waals surface area (Å²) in [5.41, 5.74) is 1.67. The van der Waals surface area contributed by atoms with E-state index >= 15 is 0 Å². The zero-order chi connectivity index (χ0) is 10.3. The van der Waals surface area contributed by atoms with E-state index in [2.05, 4.69) is 15.0 Å². The highest BCUT2D eigenvalue weighted by molar-refractivity contribution is 5.73. The minimum Gasteiger partial charge on any atom is -0.391 e. The Hall–Kier alpha value is -1.62. The average Bonchev–Trinajstić information content (AvgIpc) is 2.82. The third-order valence-corrected chi connectivity index (χ3v) is 2.71. The number of aliphatic hydroxyl groups excluding tert-OH is 1. The van der Waals surface area contributed by atoms with Gasteiger partial charge in [-0.15, -0.1) is 0 Å². The second-order valence-electron chi connectivity index (χ2n) is 3.82. The van der Waals surface area contributed by atoms with Crippen molar-refractivity contribution in [3.05, 3.63) is 18.3 Å². The van der Waals surface area contributed by atoms with Gasteiger partial charge in [-0.1, -0.05) is 0 Å². The number of aromatic nitrogens is 3. The van der Waals surface area contributed by atoms with Crippen molar-refractivity contribution in [2.24, 2.45) is 0 Å². The first kappa shape index (κ1) is 8.67. The van der Waals surface area contributed by atoms with Crippen LogP contribution in [0.25, 0.3) is 11.2 Å². The fourth-order valence-corrected chi connectivity index (χ4v) is 1.92. The normalized spacial score (nSPS) is 21.4. The molecule has 15 heavy (non-hydrogen) atoms. The van der Waals surface area contributed by atoms with E-state index in [1.807, 2.05) is 17.0 Å². The summed E-state index contributed by atoms with van der Waals surface area (Å²) in [6.07, 6.45) is 2.31. The number of aliphatic hydroxyl groups is 1. The van der Waals surface area contributed by atoms with Crippen molar-refractivity contribution >= 4 is 17.1 Å². The average molecular weight is 204 g/mol. The summed E-state index contributed by atoms with van der Waals surface area (Å²) in [4.78, 5) is 13.8. The Labute approximate surface area is 86.8 Å². The molecule has 1 fully saturated rings. The number of β-amino-alcohol motifs (C(OH)–C–C–N with tert-alkyl or cyclic N) is 1. The Morgan fingerprint density at radius 3 is 3.20 bits per heavy atom. The first-order valence-corrected chi connectivity index (χ1v) is 5.07. The summed E-state index contributed by atoms with van der Waals surface area (Å²) in [5.74, 6) is 0.806. The van der Waals surface area contributed by atoms with Crippen LogP contribution in [0.15, 0.2) is 18.3 Å². The van der Waals surface area contributed by atoms with Gasteiger partial charge in [0.25, 0.3) is 0 Å². The molecule has 1 saturated heterocycles. The predicted molar refractivity (Wildman–Crippen MR) is 56.7 cm³/mol. The number of nitrogens with one attached hydrogen (secondary N) is 1. The summed E-state index contributed by atoms with van der Waals surface area (Å²) in [7, 11) is 0. The molecule has 0 spiro atoms. The Morgan fingerprint density at radius 1 is 1.53 bits per heavy atom. The lowest BCUT2D eigenvalue weighted by Crippen LogP contribution is -2.22. The highest BCUT2D eigenvalue weighted by Crippen LogP contribution is 2.19. The lowest BCUT2D eigenvalue weighted by atomic mass is 10.3. The number of fused-ring (bicyclic) bond motifs is 1. The van der Waals surface area contributed by atoms with Gasteiger partial charge in [-0.3, -0.25) is 0 Å². The van der Waals surface area contributed by atoms with Crippen molar-refractivity contribution in [3.8, 4) is 0 Å². The van der Waals surface area contributed by atoms with E-state index in [0.29, 0.717) is 6.54 Å². The van der Waals surface area contributed by atoms with E-state index in [1.165, 1.54) is 0 Å². The van der Waals surface area contributed by atoms with Crippen LogP contribution in [0.4, 0.5) is 5.95 Å². The molecule has 2 aromatic heterocycles. The Morgan fingerprint density at radius 2 is 2.47 bits per heavy atom. The van der Waals surface area contributed by atoms with Crippen molar-refractivity contribution in [2.45, 2.75) is 12.5 Å². The molecule has 1 atom stereocenters. The summed E-state index contributed by atoms with van der Waals surface area (Å²) >= 11 is 0. The maximum Gasteiger partial charge on any atom is 0.205 e. The molecular formula is C10H12N4O. The molecular weight excluding hydrogens is 192 g/mol. The molecule has 0 radical (unpaired) electrons. The molecule has 0 saturated carbocycles. The SMILES string of the molecule is O[C@@H]1CCN(c2nc3ncccc3[nH]2)C1. The molecule has 2 aromatic rings. The molecule has 0 unspecified atom stereocenters. The number of hydrogen-bond donors (Lipinski definition) is 2. The van der Waals surface area contributed by atoms with Gasteiger partial charge in [0.1, 0.15) is 0 Å². The highest BCUT2D eigenvalue weighted by Gasteiger charge is 2.22. The molecule has 0 aliphatic carbocycles. The third-order valence-electron chi connectivity index (χ3n) is 2.71. The van der Waals surface area contributed by atoms with E-state index in [4.69, 9.17) is 0 Å². The highest BCUT2D eigenvalue weighted by atomic mass is 16.3. The lowest BCUT2D eigenvalue weighted by molar-refractivity contribution is 0.198.